The van der Waals surface area contributed by atoms with E-state index < -0.39 is 11.8 Å². The minimum absolute atomic E-state index is 0.0741. The summed E-state index contributed by atoms with van der Waals surface area (Å²) in [4.78, 5) is 11.6. The van der Waals surface area contributed by atoms with Gasteiger partial charge in [-0.1, -0.05) is 70.6 Å². The van der Waals surface area contributed by atoms with Gasteiger partial charge in [-0.25, -0.2) is 4.79 Å². The maximum Gasteiger partial charge on any atom is 0.508 e. The van der Waals surface area contributed by atoms with Gasteiger partial charge in [0.25, 0.3) is 0 Å². The molecule has 0 N–H and O–H groups in total. The summed E-state index contributed by atoms with van der Waals surface area (Å²) in [7, 11) is 0. The summed E-state index contributed by atoms with van der Waals surface area (Å²) in [6.45, 7) is 4.71. The molecule has 0 aromatic rings. The molecular weight excluding hydrogens is 316 g/mol. The van der Waals surface area contributed by atoms with Crippen LogP contribution in [-0.4, -0.2) is 31.1 Å². The van der Waals surface area contributed by atoms with Crippen molar-refractivity contribution in [2.45, 2.75) is 103 Å². The largest absolute Gasteiger partial charge is 0.508 e. The molecular formula is C21H36O4. The lowest BCUT2D eigenvalue weighted by atomic mass is 10.0. The zero-order valence-corrected chi connectivity index (χ0v) is 16.2. The first-order valence-corrected chi connectivity index (χ1v) is 10.1. The second-order valence-electron chi connectivity index (χ2n) is 7.17. The van der Waals surface area contributed by atoms with Crippen molar-refractivity contribution in [3.8, 4) is 12.3 Å². The van der Waals surface area contributed by atoms with Crippen molar-refractivity contribution < 1.29 is 19.0 Å². The summed E-state index contributed by atoms with van der Waals surface area (Å²) < 4.78 is 15.9. The number of unbranched alkanes of at least 4 members (excludes halogenated alkanes) is 9. The Bertz CT molecular complexity index is 401. The summed E-state index contributed by atoms with van der Waals surface area (Å²) in [5.74, 6) is 2.62. The first-order chi connectivity index (χ1) is 12.1. The molecule has 0 spiro atoms. The first-order valence-electron chi connectivity index (χ1n) is 10.1. The van der Waals surface area contributed by atoms with Crippen LogP contribution in [0.5, 0.6) is 0 Å². The van der Waals surface area contributed by atoms with Gasteiger partial charge in [0, 0.05) is 0 Å². The minimum Gasteiger partial charge on any atom is -0.434 e. The van der Waals surface area contributed by atoms with Crippen molar-refractivity contribution in [2.24, 2.45) is 0 Å². The van der Waals surface area contributed by atoms with Gasteiger partial charge in [0.05, 0.1) is 12.7 Å². The van der Waals surface area contributed by atoms with Crippen LogP contribution in [0, 0.1) is 12.3 Å². The van der Waals surface area contributed by atoms with Gasteiger partial charge in [-0.2, -0.15) is 0 Å². The Labute approximate surface area is 154 Å². The van der Waals surface area contributed by atoms with Crippen molar-refractivity contribution >= 4 is 6.16 Å². The molecule has 4 heteroatoms. The molecule has 1 heterocycles. The molecule has 0 aromatic carbocycles. The molecule has 1 fully saturated rings. The lowest BCUT2D eigenvalue weighted by molar-refractivity contribution is -0.0466. The zero-order valence-electron chi connectivity index (χ0n) is 16.2. The predicted molar refractivity (Wildman–Crippen MR) is 100 cm³/mol. The normalized spacial score (nSPS) is 22.5. The van der Waals surface area contributed by atoms with Crippen LogP contribution in [0.1, 0.15) is 90.9 Å². The Morgan fingerprint density at radius 3 is 2.20 bits per heavy atom. The van der Waals surface area contributed by atoms with Gasteiger partial charge in [0.15, 0.2) is 5.60 Å². The summed E-state index contributed by atoms with van der Waals surface area (Å²) >= 11 is 0. The monoisotopic (exact) mass is 352 g/mol. The first kappa shape index (κ1) is 21.8. The van der Waals surface area contributed by atoms with Gasteiger partial charge in [-0.15, -0.1) is 6.42 Å². The van der Waals surface area contributed by atoms with Crippen LogP contribution in [0.4, 0.5) is 4.79 Å². The third-order valence-corrected chi connectivity index (χ3v) is 4.79. The minimum atomic E-state index is -0.768. The topological polar surface area (TPSA) is 44.8 Å². The maximum atomic E-state index is 11.6. The quantitative estimate of drug-likeness (QED) is 0.245. The van der Waals surface area contributed by atoms with Crippen molar-refractivity contribution in [2.75, 3.05) is 13.2 Å². The molecule has 2 unspecified atom stereocenters. The van der Waals surface area contributed by atoms with Crippen molar-refractivity contribution in [3.63, 3.8) is 0 Å². The highest BCUT2D eigenvalue weighted by atomic mass is 16.7. The number of carbonyl (C=O) groups excluding carboxylic acids is 1. The van der Waals surface area contributed by atoms with Crippen LogP contribution in [-0.2, 0) is 14.2 Å². The second-order valence-corrected chi connectivity index (χ2v) is 7.17. The van der Waals surface area contributed by atoms with Crippen LogP contribution in [0.15, 0.2) is 0 Å². The molecule has 0 radical (unpaired) electrons. The Balaban J connectivity index is 1.93. The van der Waals surface area contributed by atoms with E-state index in [2.05, 4.69) is 12.8 Å². The van der Waals surface area contributed by atoms with Gasteiger partial charge in [-0.05, 0) is 26.2 Å². The Kier molecular flexibility index (Phi) is 11.4. The maximum absolute atomic E-state index is 11.6. The molecule has 144 valence electrons. The van der Waals surface area contributed by atoms with E-state index in [0.717, 1.165) is 25.7 Å². The van der Waals surface area contributed by atoms with E-state index in [0.29, 0.717) is 6.61 Å². The van der Waals surface area contributed by atoms with E-state index >= 15 is 0 Å². The lowest BCUT2D eigenvalue weighted by Crippen LogP contribution is -2.34. The average molecular weight is 353 g/mol. The Morgan fingerprint density at radius 2 is 1.68 bits per heavy atom. The number of ether oxygens (including phenoxy) is 3. The standard InChI is InChI=1S/C21H36O4/c1-4-6-7-8-9-10-11-12-13-14-17-23-20(22)24-18-21(5-2)16-15-19(3)25-21/h2,19H,4,6-18H2,1,3H3. The molecule has 1 rings (SSSR count). The van der Waals surface area contributed by atoms with Gasteiger partial charge in [0.1, 0.15) is 6.61 Å². The smallest absolute Gasteiger partial charge is 0.434 e. The lowest BCUT2D eigenvalue weighted by Gasteiger charge is -2.22. The Morgan fingerprint density at radius 1 is 1.08 bits per heavy atom. The average Bonchev–Trinajstić information content (AvgIpc) is 2.99. The molecule has 0 aromatic heterocycles. The number of carbonyl (C=O) groups is 1. The second kappa shape index (κ2) is 13.1. The van der Waals surface area contributed by atoms with E-state index in [-0.39, 0.29) is 12.7 Å². The highest BCUT2D eigenvalue weighted by molar-refractivity contribution is 5.60. The number of hydrogen-bond donors (Lipinski definition) is 0. The summed E-state index contributed by atoms with van der Waals surface area (Å²) in [6.07, 6.45) is 19.1. The number of hydrogen-bond acceptors (Lipinski definition) is 4. The Hall–Kier alpha value is -1.21. The van der Waals surface area contributed by atoms with Gasteiger partial charge in [0.2, 0.25) is 0 Å². The predicted octanol–water partition coefficient (Wildman–Crippen LogP) is 5.63. The van der Waals surface area contributed by atoms with Crippen LogP contribution in [0.2, 0.25) is 0 Å². The molecule has 25 heavy (non-hydrogen) atoms. The molecule has 1 saturated heterocycles. The molecule has 1 aliphatic rings. The van der Waals surface area contributed by atoms with Gasteiger partial charge < -0.3 is 14.2 Å². The van der Waals surface area contributed by atoms with Crippen LogP contribution in [0.3, 0.4) is 0 Å². The molecule has 4 nitrogen and oxygen atoms in total. The summed E-state index contributed by atoms with van der Waals surface area (Å²) in [6, 6.07) is 0. The molecule has 1 aliphatic heterocycles. The SMILES string of the molecule is C#CC1(COC(=O)OCCCCCCCCCCCC)CCC(C)O1. The fraction of sp³-hybridized carbons (Fsp3) is 0.857. The highest BCUT2D eigenvalue weighted by Crippen LogP contribution is 2.30. The van der Waals surface area contributed by atoms with Crippen LogP contribution < -0.4 is 0 Å². The fourth-order valence-corrected chi connectivity index (χ4v) is 3.16. The molecule has 2 atom stereocenters. The highest BCUT2D eigenvalue weighted by Gasteiger charge is 2.38. The van der Waals surface area contributed by atoms with Crippen molar-refractivity contribution in [1.82, 2.24) is 0 Å². The molecule has 0 aliphatic carbocycles. The van der Waals surface area contributed by atoms with Crippen LogP contribution in [0.25, 0.3) is 0 Å². The van der Waals surface area contributed by atoms with E-state index in [1.807, 2.05) is 6.92 Å². The van der Waals surface area contributed by atoms with E-state index in [1.54, 1.807) is 0 Å². The molecule has 0 amide bonds. The van der Waals surface area contributed by atoms with E-state index in [9.17, 15) is 4.79 Å². The number of terminal acetylenes is 1. The third kappa shape index (κ3) is 9.75. The molecule has 0 bridgehead atoms. The van der Waals surface area contributed by atoms with Crippen molar-refractivity contribution in [3.05, 3.63) is 0 Å². The van der Waals surface area contributed by atoms with Crippen molar-refractivity contribution in [1.29, 1.82) is 0 Å². The number of rotatable bonds is 13. The van der Waals surface area contributed by atoms with Crippen LogP contribution >= 0.6 is 0 Å². The van der Waals surface area contributed by atoms with Gasteiger partial charge >= 0.3 is 6.16 Å². The zero-order chi connectivity index (χ0) is 18.4. The van der Waals surface area contributed by atoms with E-state index in [4.69, 9.17) is 20.6 Å². The molecule has 0 saturated carbocycles. The fourth-order valence-electron chi connectivity index (χ4n) is 3.16. The van der Waals surface area contributed by atoms with Gasteiger partial charge in [-0.3, -0.25) is 0 Å². The third-order valence-electron chi connectivity index (χ3n) is 4.79. The summed E-state index contributed by atoms with van der Waals surface area (Å²) in [5.41, 5.74) is -0.768. The van der Waals surface area contributed by atoms with E-state index in [1.165, 1.54) is 51.4 Å². The summed E-state index contributed by atoms with van der Waals surface area (Å²) in [5, 5.41) is 0.